The average Bonchev–Trinajstić information content (AvgIpc) is 2.27. The Labute approximate surface area is 100.0 Å². The quantitative estimate of drug-likeness (QED) is 0.836. The van der Waals surface area contributed by atoms with Crippen LogP contribution in [0.3, 0.4) is 0 Å². The number of hydrogen-bond donors (Lipinski definition) is 1. The summed E-state index contributed by atoms with van der Waals surface area (Å²) in [6.07, 6.45) is 1.11. The van der Waals surface area contributed by atoms with Crippen molar-refractivity contribution >= 4 is 15.7 Å². The molecule has 0 aromatic heterocycles. The lowest BCUT2D eigenvalue weighted by Gasteiger charge is -2.04. The first-order valence-electron chi connectivity index (χ1n) is 4.88. The Morgan fingerprint density at radius 2 is 2.18 bits per heavy atom. The molecule has 0 atom stereocenters. The topological polar surface area (TPSA) is 87.0 Å². The van der Waals surface area contributed by atoms with E-state index in [1.165, 1.54) is 6.07 Å². The molecule has 5 nitrogen and oxygen atoms in total. The maximum absolute atomic E-state index is 11.6. The molecule has 6 heteroatoms. The summed E-state index contributed by atoms with van der Waals surface area (Å²) in [6.45, 7) is 0.0639. The normalized spacial score (nSPS) is 10.6. The molecule has 0 aliphatic carbocycles. The fourth-order valence-electron chi connectivity index (χ4n) is 1.18. The molecular weight excluding hydrogens is 240 g/mol. The van der Waals surface area contributed by atoms with E-state index in [9.17, 15) is 13.2 Å². The molecule has 0 unspecified atom stereocenters. The molecule has 0 heterocycles. The molecule has 0 saturated heterocycles. The molecule has 17 heavy (non-hydrogen) atoms. The predicted octanol–water partition coefficient (Wildman–Crippen LogP) is 0.333. The molecule has 0 radical (unpaired) electrons. The van der Waals surface area contributed by atoms with Gasteiger partial charge in [0.1, 0.15) is 9.84 Å². The van der Waals surface area contributed by atoms with E-state index in [-0.39, 0.29) is 18.2 Å². The van der Waals surface area contributed by atoms with E-state index in [2.05, 4.69) is 5.32 Å². The molecular formula is C11H12N2O3S. The van der Waals surface area contributed by atoms with Gasteiger partial charge in [0, 0.05) is 18.4 Å². The van der Waals surface area contributed by atoms with E-state index < -0.39 is 9.84 Å². The molecule has 90 valence electrons. The first-order valence-corrected chi connectivity index (χ1v) is 6.94. The van der Waals surface area contributed by atoms with Gasteiger partial charge in [0.2, 0.25) is 0 Å². The minimum Gasteiger partial charge on any atom is -0.351 e. The standard InChI is InChI=1S/C11H12N2O3S/c1-17(15,16)6-5-13-11(14)10-4-2-3-9(7-10)8-12/h2-4,7H,5-6H2,1H3,(H,13,14). The number of rotatable bonds is 4. The fourth-order valence-corrected chi connectivity index (χ4v) is 1.65. The highest BCUT2D eigenvalue weighted by molar-refractivity contribution is 7.90. The van der Waals surface area contributed by atoms with Crippen LogP contribution in [0.1, 0.15) is 15.9 Å². The molecule has 0 bridgehead atoms. The Hall–Kier alpha value is -1.87. The summed E-state index contributed by atoms with van der Waals surface area (Å²) in [5.74, 6) is -0.484. The smallest absolute Gasteiger partial charge is 0.251 e. The van der Waals surface area contributed by atoms with Crippen LogP contribution in [0.2, 0.25) is 0 Å². The van der Waals surface area contributed by atoms with E-state index >= 15 is 0 Å². The minimum absolute atomic E-state index is 0.0639. The summed E-state index contributed by atoms with van der Waals surface area (Å²) >= 11 is 0. The summed E-state index contributed by atoms with van der Waals surface area (Å²) in [5.41, 5.74) is 0.735. The molecule has 0 saturated carbocycles. The molecule has 1 aromatic rings. The number of carbonyl (C=O) groups excluding carboxylic acids is 1. The summed E-state index contributed by atoms with van der Waals surface area (Å²) in [6, 6.07) is 8.14. The van der Waals surface area contributed by atoms with Gasteiger partial charge >= 0.3 is 0 Å². The Morgan fingerprint density at radius 1 is 1.47 bits per heavy atom. The van der Waals surface area contributed by atoms with Crippen LogP contribution in [-0.2, 0) is 9.84 Å². The van der Waals surface area contributed by atoms with Gasteiger partial charge < -0.3 is 5.32 Å². The Balaban J connectivity index is 2.62. The van der Waals surface area contributed by atoms with Crippen molar-refractivity contribution in [3.05, 3.63) is 35.4 Å². The largest absolute Gasteiger partial charge is 0.351 e. The second-order valence-corrected chi connectivity index (χ2v) is 5.84. The molecule has 0 aliphatic rings. The van der Waals surface area contributed by atoms with Crippen LogP contribution >= 0.6 is 0 Å². The molecule has 1 rings (SSSR count). The van der Waals surface area contributed by atoms with Gasteiger partial charge in [0.15, 0.2) is 0 Å². The van der Waals surface area contributed by atoms with Crippen LogP contribution in [-0.4, -0.2) is 32.9 Å². The Morgan fingerprint density at radius 3 is 2.76 bits per heavy atom. The van der Waals surface area contributed by atoms with Crippen molar-refractivity contribution in [3.63, 3.8) is 0 Å². The second kappa shape index (κ2) is 5.46. The van der Waals surface area contributed by atoms with E-state index in [1.54, 1.807) is 18.2 Å². The molecule has 0 aliphatic heterocycles. The van der Waals surface area contributed by atoms with Crippen molar-refractivity contribution in [2.45, 2.75) is 0 Å². The van der Waals surface area contributed by atoms with Crippen LogP contribution in [0.4, 0.5) is 0 Å². The van der Waals surface area contributed by atoms with Gasteiger partial charge in [-0.05, 0) is 18.2 Å². The predicted molar refractivity (Wildman–Crippen MR) is 63.2 cm³/mol. The number of amides is 1. The minimum atomic E-state index is -3.08. The number of nitrogens with zero attached hydrogens (tertiary/aromatic N) is 1. The van der Waals surface area contributed by atoms with E-state index in [0.29, 0.717) is 11.1 Å². The summed E-state index contributed by atoms with van der Waals surface area (Å²) in [5, 5.41) is 11.1. The van der Waals surface area contributed by atoms with Crippen LogP contribution < -0.4 is 5.32 Å². The van der Waals surface area contributed by atoms with E-state index in [4.69, 9.17) is 5.26 Å². The number of hydrogen-bond acceptors (Lipinski definition) is 4. The van der Waals surface area contributed by atoms with Gasteiger partial charge in [-0.25, -0.2) is 8.42 Å². The fraction of sp³-hybridized carbons (Fsp3) is 0.273. The van der Waals surface area contributed by atoms with Gasteiger partial charge in [0.05, 0.1) is 17.4 Å². The molecule has 1 amide bonds. The number of sulfone groups is 1. The zero-order chi connectivity index (χ0) is 12.9. The van der Waals surface area contributed by atoms with Crippen molar-refractivity contribution in [1.82, 2.24) is 5.32 Å². The highest BCUT2D eigenvalue weighted by atomic mass is 32.2. The Kier molecular flexibility index (Phi) is 4.24. The summed E-state index contributed by atoms with van der Waals surface area (Å²) in [4.78, 5) is 11.6. The van der Waals surface area contributed by atoms with Crippen LogP contribution in [0.25, 0.3) is 0 Å². The van der Waals surface area contributed by atoms with Gasteiger partial charge in [0.25, 0.3) is 5.91 Å². The van der Waals surface area contributed by atoms with E-state index in [0.717, 1.165) is 6.26 Å². The Bertz CT molecular complexity index is 558. The SMILES string of the molecule is CS(=O)(=O)CCNC(=O)c1cccc(C#N)c1. The molecule has 0 spiro atoms. The lowest BCUT2D eigenvalue weighted by Crippen LogP contribution is -2.28. The molecule has 1 N–H and O–H groups in total. The van der Waals surface area contributed by atoms with Crippen molar-refractivity contribution in [2.24, 2.45) is 0 Å². The first kappa shape index (κ1) is 13.2. The monoisotopic (exact) mass is 252 g/mol. The van der Waals surface area contributed by atoms with Crippen LogP contribution in [0, 0.1) is 11.3 Å². The van der Waals surface area contributed by atoms with Gasteiger partial charge in [-0.3, -0.25) is 4.79 Å². The lowest BCUT2D eigenvalue weighted by atomic mass is 10.1. The van der Waals surface area contributed by atoms with Crippen LogP contribution in [0.5, 0.6) is 0 Å². The number of nitrogens with one attached hydrogen (secondary N) is 1. The zero-order valence-corrected chi connectivity index (χ0v) is 10.1. The van der Waals surface area contributed by atoms with Crippen LogP contribution in [0.15, 0.2) is 24.3 Å². The number of carbonyl (C=O) groups is 1. The third kappa shape index (κ3) is 4.66. The zero-order valence-electron chi connectivity index (χ0n) is 9.30. The lowest BCUT2D eigenvalue weighted by molar-refractivity contribution is 0.0956. The average molecular weight is 252 g/mol. The maximum atomic E-state index is 11.6. The van der Waals surface area contributed by atoms with Crippen molar-refractivity contribution in [2.75, 3.05) is 18.6 Å². The van der Waals surface area contributed by atoms with Gasteiger partial charge in [-0.1, -0.05) is 6.07 Å². The third-order valence-electron chi connectivity index (χ3n) is 2.01. The van der Waals surface area contributed by atoms with E-state index in [1.807, 2.05) is 6.07 Å². The molecule has 1 aromatic carbocycles. The second-order valence-electron chi connectivity index (χ2n) is 3.58. The van der Waals surface area contributed by atoms with Gasteiger partial charge in [-0.2, -0.15) is 5.26 Å². The maximum Gasteiger partial charge on any atom is 0.251 e. The third-order valence-corrected chi connectivity index (χ3v) is 2.96. The number of benzene rings is 1. The van der Waals surface area contributed by atoms with Crippen molar-refractivity contribution in [1.29, 1.82) is 5.26 Å². The van der Waals surface area contributed by atoms with Crippen molar-refractivity contribution in [3.8, 4) is 6.07 Å². The van der Waals surface area contributed by atoms with Crippen molar-refractivity contribution < 1.29 is 13.2 Å². The number of nitriles is 1. The summed E-state index contributed by atoms with van der Waals surface area (Å²) < 4.78 is 21.7. The summed E-state index contributed by atoms with van der Waals surface area (Å²) in [7, 11) is -3.08. The highest BCUT2D eigenvalue weighted by Crippen LogP contribution is 2.03. The first-order chi connectivity index (χ1) is 7.92. The highest BCUT2D eigenvalue weighted by Gasteiger charge is 2.07. The van der Waals surface area contributed by atoms with Gasteiger partial charge in [-0.15, -0.1) is 0 Å². The molecule has 0 fully saturated rings.